The standard InChI is InChI=1S/C22H20ClNO3S/c1-14(25)19-11-16(23)12-20(22(19)26)24-13-15-5-3-4-6-21(15)28-18-9-7-17(27-2)8-10-18/h3-12,24,26H,13H2,1-2H3. The van der Waals surface area contributed by atoms with Gasteiger partial charge in [-0.2, -0.15) is 0 Å². The lowest BCUT2D eigenvalue weighted by Crippen LogP contribution is -2.03. The first-order valence-corrected chi connectivity index (χ1v) is 9.84. The SMILES string of the molecule is COc1ccc(Sc2ccccc2CNc2cc(Cl)cc(C(C)=O)c2O)cc1. The van der Waals surface area contributed by atoms with E-state index in [0.717, 1.165) is 21.1 Å². The normalized spacial score (nSPS) is 10.5. The molecule has 0 amide bonds. The molecule has 0 aromatic heterocycles. The number of phenols is 1. The van der Waals surface area contributed by atoms with E-state index in [9.17, 15) is 9.90 Å². The number of carbonyl (C=O) groups excluding carboxylic acids is 1. The lowest BCUT2D eigenvalue weighted by molar-refractivity contribution is 0.101. The van der Waals surface area contributed by atoms with E-state index in [-0.39, 0.29) is 17.1 Å². The number of nitrogens with one attached hydrogen (secondary N) is 1. The molecule has 0 radical (unpaired) electrons. The second kappa shape index (κ2) is 9.04. The number of halogens is 1. The Bertz CT molecular complexity index is 990. The van der Waals surface area contributed by atoms with Crippen LogP contribution in [-0.2, 0) is 6.54 Å². The Morgan fingerprint density at radius 3 is 2.54 bits per heavy atom. The van der Waals surface area contributed by atoms with E-state index < -0.39 is 0 Å². The van der Waals surface area contributed by atoms with Crippen LogP contribution in [-0.4, -0.2) is 18.0 Å². The predicted molar refractivity (Wildman–Crippen MR) is 114 cm³/mol. The third-order valence-corrected chi connectivity index (χ3v) is 5.53. The Hall–Kier alpha value is -2.63. The molecule has 2 N–H and O–H groups in total. The predicted octanol–water partition coefficient (Wildman–Crippen LogP) is 6.02. The molecule has 0 saturated heterocycles. The summed E-state index contributed by atoms with van der Waals surface area (Å²) in [5.41, 5.74) is 1.70. The minimum Gasteiger partial charge on any atom is -0.505 e. The summed E-state index contributed by atoms with van der Waals surface area (Å²) in [7, 11) is 1.64. The van der Waals surface area contributed by atoms with Gasteiger partial charge in [-0.3, -0.25) is 4.79 Å². The maximum atomic E-state index is 11.7. The number of hydrogen-bond acceptors (Lipinski definition) is 5. The second-order valence-corrected chi connectivity index (χ2v) is 7.70. The van der Waals surface area contributed by atoms with Crippen LogP contribution >= 0.6 is 23.4 Å². The smallest absolute Gasteiger partial charge is 0.163 e. The van der Waals surface area contributed by atoms with Gasteiger partial charge in [-0.15, -0.1) is 0 Å². The summed E-state index contributed by atoms with van der Waals surface area (Å²) < 4.78 is 5.20. The van der Waals surface area contributed by atoms with Crippen molar-refractivity contribution in [2.75, 3.05) is 12.4 Å². The molecule has 0 aliphatic carbocycles. The van der Waals surface area contributed by atoms with Gasteiger partial charge in [0.15, 0.2) is 5.78 Å². The number of phenolic OH excluding ortho intramolecular Hbond substituents is 1. The third kappa shape index (κ3) is 4.80. The van der Waals surface area contributed by atoms with Gasteiger partial charge in [0, 0.05) is 21.4 Å². The largest absolute Gasteiger partial charge is 0.505 e. The second-order valence-electron chi connectivity index (χ2n) is 6.14. The van der Waals surface area contributed by atoms with Crippen molar-refractivity contribution in [3.05, 3.63) is 76.8 Å². The van der Waals surface area contributed by atoms with Gasteiger partial charge in [0.2, 0.25) is 0 Å². The zero-order valence-corrected chi connectivity index (χ0v) is 17.1. The maximum Gasteiger partial charge on any atom is 0.163 e. The highest BCUT2D eigenvalue weighted by molar-refractivity contribution is 7.99. The quantitative estimate of drug-likeness (QED) is 0.366. The Kier molecular flexibility index (Phi) is 6.49. The van der Waals surface area contributed by atoms with Crippen LogP contribution in [0.15, 0.2) is 70.5 Å². The van der Waals surface area contributed by atoms with E-state index in [1.54, 1.807) is 24.9 Å². The monoisotopic (exact) mass is 413 g/mol. The van der Waals surface area contributed by atoms with Crippen molar-refractivity contribution in [1.82, 2.24) is 0 Å². The Morgan fingerprint density at radius 1 is 1.14 bits per heavy atom. The number of hydrogen-bond donors (Lipinski definition) is 2. The highest BCUT2D eigenvalue weighted by Crippen LogP contribution is 2.34. The Labute approximate surface area is 173 Å². The van der Waals surface area contributed by atoms with E-state index in [4.69, 9.17) is 16.3 Å². The van der Waals surface area contributed by atoms with Crippen molar-refractivity contribution in [3.8, 4) is 11.5 Å². The summed E-state index contributed by atoms with van der Waals surface area (Å²) >= 11 is 7.74. The van der Waals surface area contributed by atoms with Crippen molar-refractivity contribution >= 4 is 34.8 Å². The molecule has 0 atom stereocenters. The van der Waals surface area contributed by atoms with Gasteiger partial charge in [-0.05, 0) is 55.0 Å². The molecule has 3 aromatic rings. The first kappa shape index (κ1) is 20.1. The van der Waals surface area contributed by atoms with Crippen LogP contribution in [0.25, 0.3) is 0 Å². The molecule has 0 fully saturated rings. The van der Waals surface area contributed by atoms with Crippen molar-refractivity contribution in [2.45, 2.75) is 23.3 Å². The van der Waals surface area contributed by atoms with E-state index in [2.05, 4.69) is 5.32 Å². The molecule has 0 spiro atoms. The van der Waals surface area contributed by atoms with Crippen LogP contribution in [0.4, 0.5) is 5.69 Å². The van der Waals surface area contributed by atoms with E-state index >= 15 is 0 Å². The van der Waals surface area contributed by atoms with Crippen LogP contribution in [0.1, 0.15) is 22.8 Å². The van der Waals surface area contributed by atoms with Crippen molar-refractivity contribution in [2.24, 2.45) is 0 Å². The van der Waals surface area contributed by atoms with Crippen molar-refractivity contribution in [1.29, 1.82) is 0 Å². The molecule has 0 heterocycles. The highest BCUT2D eigenvalue weighted by Gasteiger charge is 2.13. The molecular weight excluding hydrogens is 394 g/mol. The molecule has 144 valence electrons. The Morgan fingerprint density at radius 2 is 1.86 bits per heavy atom. The molecule has 0 bridgehead atoms. The molecule has 3 aromatic carbocycles. The fraction of sp³-hybridized carbons (Fsp3) is 0.136. The first-order valence-electron chi connectivity index (χ1n) is 8.65. The van der Waals surface area contributed by atoms with Crippen molar-refractivity contribution in [3.63, 3.8) is 0 Å². The van der Waals surface area contributed by atoms with Gasteiger partial charge >= 0.3 is 0 Å². The van der Waals surface area contributed by atoms with Gasteiger partial charge in [0.05, 0.1) is 18.4 Å². The molecule has 4 nitrogen and oxygen atoms in total. The van der Waals surface area contributed by atoms with Crippen molar-refractivity contribution < 1.29 is 14.6 Å². The minimum atomic E-state index is -0.237. The topological polar surface area (TPSA) is 58.6 Å². The molecule has 0 unspecified atom stereocenters. The molecule has 28 heavy (non-hydrogen) atoms. The number of ketones is 1. The molecule has 0 aliphatic heterocycles. The number of Topliss-reactive ketones (excluding diaryl/α,β-unsaturated/α-hetero) is 1. The number of aromatic hydroxyl groups is 1. The van der Waals surface area contributed by atoms with Gasteiger partial charge < -0.3 is 15.2 Å². The molecular formula is C22H20ClNO3S. The molecule has 0 aliphatic rings. The molecule has 3 rings (SSSR count). The maximum absolute atomic E-state index is 11.7. The zero-order valence-electron chi connectivity index (χ0n) is 15.5. The van der Waals surface area contributed by atoms with Gasteiger partial charge in [0.1, 0.15) is 11.5 Å². The summed E-state index contributed by atoms with van der Waals surface area (Å²) in [6.45, 7) is 1.88. The van der Waals surface area contributed by atoms with E-state index in [0.29, 0.717) is 17.3 Å². The van der Waals surface area contributed by atoms with Gasteiger partial charge in [-0.25, -0.2) is 0 Å². The van der Waals surface area contributed by atoms with Crippen LogP contribution in [0.2, 0.25) is 5.02 Å². The number of rotatable bonds is 7. The summed E-state index contributed by atoms with van der Waals surface area (Å²) in [5.74, 6) is 0.493. The number of anilines is 1. The highest BCUT2D eigenvalue weighted by atomic mass is 35.5. The Balaban J connectivity index is 1.79. The summed E-state index contributed by atoms with van der Waals surface area (Å²) in [6, 6.07) is 19.0. The van der Waals surface area contributed by atoms with E-state index in [1.165, 1.54) is 13.0 Å². The fourth-order valence-electron chi connectivity index (χ4n) is 2.71. The molecule has 0 saturated carbocycles. The van der Waals surface area contributed by atoms with Crippen LogP contribution in [0.3, 0.4) is 0 Å². The average molecular weight is 414 g/mol. The lowest BCUT2D eigenvalue weighted by atomic mass is 10.1. The summed E-state index contributed by atoms with van der Waals surface area (Å²) in [6.07, 6.45) is 0. The van der Waals surface area contributed by atoms with E-state index in [1.807, 2.05) is 48.5 Å². The van der Waals surface area contributed by atoms with Gasteiger partial charge in [0.25, 0.3) is 0 Å². The molecule has 6 heteroatoms. The number of ether oxygens (including phenoxy) is 1. The van der Waals surface area contributed by atoms with Crippen LogP contribution in [0.5, 0.6) is 11.5 Å². The average Bonchev–Trinajstić information content (AvgIpc) is 2.69. The minimum absolute atomic E-state index is 0.0859. The summed E-state index contributed by atoms with van der Waals surface area (Å²) in [4.78, 5) is 13.9. The fourth-order valence-corrected chi connectivity index (χ4v) is 3.88. The number of benzene rings is 3. The van der Waals surface area contributed by atoms with Crippen LogP contribution in [0, 0.1) is 0 Å². The summed E-state index contributed by atoms with van der Waals surface area (Å²) in [5, 5.41) is 13.9. The van der Waals surface area contributed by atoms with Gasteiger partial charge in [-0.1, -0.05) is 41.6 Å². The van der Waals surface area contributed by atoms with Crippen LogP contribution < -0.4 is 10.1 Å². The number of methoxy groups -OCH3 is 1. The zero-order chi connectivity index (χ0) is 20.1. The number of carbonyl (C=O) groups is 1. The first-order chi connectivity index (χ1) is 13.5. The lowest BCUT2D eigenvalue weighted by Gasteiger charge is -2.14. The third-order valence-electron chi connectivity index (χ3n) is 4.18.